The first kappa shape index (κ1) is 7.44. The summed E-state index contributed by atoms with van der Waals surface area (Å²) in [5.41, 5.74) is 0. The van der Waals surface area contributed by atoms with Gasteiger partial charge in [0.2, 0.25) is 0 Å². The third-order valence-corrected chi connectivity index (χ3v) is 5.58. The number of rotatable bonds is 0. The molecule has 0 amide bonds. The van der Waals surface area contributed by atoms with E-state index in [9.17, 15) is 0 Å². The molecule has 0 aromatic rings. The summed E-state index contributed by atoms with van der Waals surface area (Å²) < 4.78 is 1.19. The maximum absolute atomic E-state index is 5.16. The van der Waals surface area contributed by atoms with Gasteiger partial charge in [0.05, 0.1) is 0 Å². The standard InChI is InChI=1S/C7H10S3/c8-7-9-5-3-1-2-4-6(5)10-7/h5-6H,1-4H2/t5-,6-/m1/s1. The molecule has 0 radical (unpaired) electrons. The molecule has 0 bridgehead atoms. The fraction of sp³-hybridized carbons (Fsp3) is 0.857. The highest BCUT2D eigenvalue weighted by molar-refractivity contribution is 8.49. The molecule has 1 aliphatic carbocycles. The average molecular weight is 190 g/mol. The third-order valence-electron chi connectivity index (χ3n) is 2.14. The molecule has 2 rings (SSSR count). The lowest BCUT2D eigenvalue weighted by Crippen LogP contribution is -2.19. The summed E-state index contributed by atoms with van der Waals surface area (Å²) in [6.07, 6.45) is 5.67. The maximum atomic E-state index is 5.16. The first-order chi connectivity index (χ1) is 4.86. The van der Waals surface area contributed by atoms with Crippen LogP contribution in [0, 0.1) is 0 Å². The van der Waals surface area contributed by atoms with Crippen LogP contribution in [0.5, 0.6) is 0 Å². The van der Waals surface area contributed by atoms with E-state index in [-0.39, 0.29) is 0 Å². The predicted molar refractivity (Wildman–Crippen MR) is 53.8 cm³/mol. The van der Waals surface area contributed by atoms with Crippen molar-refractivity contribution in [3.8, 4) is 0 Å². The number of thiocarbonyl (C=S) groups is 1. The van der Waals surface area contributed by atoms with Gasteiger partial charge in [-0.2, -0.15) is 0 Å². The summed E-state index contributed by atoms with van der Waals surface area (Å²) in [6, 6.07) is 0. The van der Waals surface area contributed by atoms with Crippen LogP contribution in [0.4, 0.5) is 0 Å². The zero-order valence-electron chi connectivity index (χ0n) is 5.71. The van der Waals surface area contributed by atoms with Crippen molar-refractivity contribution in [1.82, 2.24) is 0 Å². The van der Waals surface area contributed by atoms with E-state index in [1.807, 2.05) is 23.5 Å². The van der Waals surface area contributed by atoms with Gasteiger partial charge in [-0.3, -0.25) is 0 Å². The SMILES string of the molecule is S=C1S[C@@H]2CCCC[C@H]2S1. The highest BCUT2D eigenvalue weighted by atomic mass is 32.2. The molecule has 0 unspecified atom stereocenters. The molecule has 1 aliphatic heterocycles. The van der Waals surface area contributed by atoms with Gasteiger partial charge >= 0.3 is 0 Å². The summed E-state index contributed by atoms with van der Waals surface area (Å²) in [5, 5.41) is 1.76. The lowest BCUT2D eigenvalue weighted by atomic mass is 10.00. The smallest absolute Gasteiger partial charge is 0.103 e. The Morgan fingerprint density at radius 3 is 2.10 bits per heavy atom. The van der Waals surface area contributed by atoms with E-state index in [1.54, 1.807) is 0 Å². The molecule has 2 aliphatic rings. The highest BCUT2D eigenvalue weighted by Gasteiger charge is 2.33. The maximum Gasteiger partial charge on any atom is 0.104 e. The van der Waals surface area contributed by atoms with E-state index in [4.69, 9.17) is 12.2 Å². The molecule has 0 aromatic carbocycles. The van der Waals surface area contributed by atoms with Gasteiger partial charge in [-0.1, -0.05) is 25.1 Å². The Hall–Kier alpha value is 0.790. The second-order valence-electron chi connectivity index (χ2n) is 2.85. The largest absolute Gasteiger partial charge is 0.104 e. The minimum Gasteiger partial charge on any atom is -0.103 e. The quantitative estimate of drug-likeness (QED) is 0.539. The van der Waals surface area contributed by atoms with Crippen LogP contribution in [0.1, 0.15) is 25.7 Å². The van der Waals surface area contributed by atoms with E-state index in [0.29, 0.717) is 0 Å². The number of thioether (sulfide) groups is 2. The normalized spacial score (nSPS) is 39.8. The summed E-state index contributed by atoms with van der Waals surface area (Å²) >= 11 is 9.05. The van der Waals surface area contributed by atoms with Crippen LogP contribution >= 0.6 is 35.7 Å². The molecule has 10 heavy (non-hydrogen) atoms. The Kier molecular flexibility index (Phi) is 2.26. The van der Waals surface area contributed by atoms with Gasteiger partial charge in [0, 0.05) is 10.5 Å². The van der Waals surface area contributed by atoms with E-state index < -0.39 is 0 Å². The molecule has 2 atom stereocenters. The molecule has 0 N–H and O–H groups in total. The molecular formula is C7H10S3. The van der Waals surface area contributed by atoms with Gasteiger partial charge in [0.1, 0.15) is 3.53 Å². The lowest BCUT2D eigenvalue weighted by Gasteiger charge is -2.21. The molecule has 3 heteroatoms. The fourth-order valence-electron chi connectivity index (χ4n) is 1.61. The van der Waals surface area contributed by atoms with Crippen molar-refractivity contribution in [1.29, 1.82) is 0 Å². The molecular weight excluding hydrogens is 180 g/mol. The molecule has 0 nitrogen and oxygen atoms in total. The van der Waals surface area contributed by atoms with E-state index >= 15 is 0 Å². The van der Waals surface area contributed by atoms with Crippen molar-refractivity contribution < 1.29 is 0 Å². The summed E-state index contributed by atoms with van der Waals surface area (Å²) in [5.74, 6) is 0. The Balaban J connectivity index is 2.04. The van der Waals surface area contributed by atoms with E-state index in [2.05, 4.69) is 0 Å². The Morgan fingerprint density at radius 2 is 1.60 bits per heavy atom. The van der Waals surface area contributed by atoms with E-state index in [1.165, 1.54) is 29.2 Å². The van der Waals surface area contributed by atoms with Crippen molar-refractivity contribution in [3.05, 3.63) is 0 Å². The predicted octanol–water partition coefficient (Wildman–Crippen LogP) is 3.06. The molecule has 1 heterocycles. The van der Waals surface area contributed by atoms with Crippen LogP contribution in [0.25, 0.3) is 0 Å². The molecule has 0 spiro atoms. The van der Waals surface area contributed by atoms with Crippen LogP contribution in [-0.4, -0.2) is 14.0 Å². The van der Waals surface area contributed by atoms with Crippen molar-refractivity contribution in [2.45, 2.75) is 36.2 Å². The van der Waals surface area contributed by atoms with Crippen molar-refractivity contribution in [2.24, 2.45) is 0 Å². The van der Waals surface area contributed by atoms with E-state index in [0.717, 1.165) is 10.5 Å². The summed E-state index contributed by atoms with van der Waals surface area (Å²) in [4.78, 5) is 0. The van der Waals surface area contributed by atoms with Gasteiger partial charge in [-0.25, -0.2) is 0 Å². The summed E-state index contributed by atoms with van der Waals surface area (Å²) in [7, 11) is 0. The van der Waals surface area contributed by atoms with Crippen molar-refractivity contribution >= 4 is 39.3 Å². The van der Waals surface area contributed by atoms with Gasteiger partial charge in [-0.05, 0) is 12.8 Å². The Morgan fingerprint density at radius 1 is 1.10 bits per heavy atom. The first-order valence-electron chi connectivity index (χ1n) is 3.73. The average Bonchev–Trinajstić information content (AvgIpc) is 2.27. The zero-order valence-corrected chi connectivity index (χ0v) is 8.16. The second kappa shape index (κ2) is 3.03. The first-order valence-corrected chi connectivity index (χ1v) is 5.90. The van der Waals surface area contributed by atoms with Crippen LogP contribution in [0.3, 0.4) is 0 Å². The fourth-order valence-corrected chi connectivity index (χ4v) is 5.29. The van der Waals surface area contributed by atoms with Gasteiger partial charge in [-0.15, -0.1) is 23.5 Å². The molecule has 1 saturated heterocycles. The summed E-state index contributed by atoms with van der Waals surface area (Å²) in [6.45, 7) is 0. The second-order valence-corrected chi connectivity index (χ2v) is 6.53. The zero-order chi connectivity index (χ0) is 6.97. The van der Waals surface area contributed by atoms with Crippen LogP contribution in [0.15, 0.2) is 0 Å². The topological polar surface area (TPSA) is 0 Å². The molecule has 0 aromatic heterocycles. The molecule has 2 fully saturated rings. The van der Waals surface area contributed by atoms with Gasteiger partial charge < -0.3 is 0 Å². The Bertz CT molecular complexity index is 139. The van der Waals surface area contributed by atoms with Crippen molar-refractivity contribution in [3.63, 3.8) is 0 Å². The number of hydrogen-bond acceptors (Lipinski definition) is 3. The third kappa shape index (κ3) is 1.36. The minimum atomic E-state index is 0.881. The van der Waals surface area contributed by atoms with Crippen molar-refractivity contribution in [2.75, 3.05) is 0 Å². The minimum absolute atomic E-state index is 0.881. The number of hydrogen-bond donors (Lipinski definition) is 0. The van der Waals surface area contributed by atoms with Gasteiger partial charge in [0.25, 0.3) is 0 Å². The lowest BCUT2D eigenvalue weighted by molar-refractivity contribution is 0.532. The Labute approximate surface area is 75.5 Å². The molecule has 56 valence electrons. The van der Waals surface area contributed by atoms with Crippen LogP contribution in [0.2, 0.25) is 0 Å². The highest BCUT2D eigenvalue weighted by Crippen LogP contribution is 2.46. The van der Waals surface area contributed by atoms with Crippen LogP contribution in [-0.2, 0) is 0 Å². The van der Waals surface area contributed by atoms with Gasteiger partial charge in [0.15, 0.2) is 0 Å². The molecule has 1 saturated carbocycles. The monoisotopic (exact) mass is 190 g/mol. The number of fused-ring (bicyclic) bond motifs is 1. The van der Waals surface area contributed by atoms with Crippen LogP contribution < -0.4 is 0 Å².